The van der Waals surface area contributed by atoms with Gasteiger partial charge in [-0.05, 0) is 40.0 Å². The van der Waals surface area contributed by atoms with E-state index in [4.69, 9.17) is 20.6 Å². The first-order chi connectivity index (χ1) is 9.92. The van der Waals surface area contributed by atoms with Gasteiger partial charge in [-0.15, -0.1) is 6.42 Å². The van der Waals surface area contributed by atoms with E-state index < -0.39 is 5.60 Å². The van der Waals surface area contributed by atoms with Crippen LogP contribution in [0.3, 0.4) is 0 Å². The third kappa shape index (κ3) is 7.93. The minimum Gasteiger partial charge on any atom is -0.444 e. The fraction of sp³-hybridized carbons (Fsp3) is 0.812. The minimum absolute atomic E-state index is 0.219. The number of piperidine rings is 1. The van der Waals surface area contributed by atoms with Crippen molar-refractivity contribution in [1.29, 1.82) is 0 Å². The van der Waals surface area contributed by atoms with E-state index >= 15 is 0 Å². The molecule has 0 radical (unpaired) electrons. The van der Waals surface area contributed by atoms with Gasteiger partial charge in [0.15, 0.2) is 0 Å². The number of nitrogens with zero attached hydrogens (tertiary/aromatic N) is 1. The highest BCUT2D eigenvalue weighted by atomic mass is 16.6. The van der Waals surface area contributed by atoms with E-state index in [0.29, 0.717) is 32.9 Å². The predicted octanol–water partition coefficient (Wildman–Crippen LogP) is 2.44. The average Bonchev–Trinajstić information content (AvgIpc) is 2.41. The molecule has 0 aromatic heterocycles. The van der Waals surface area contributed by atoms with E-state index in [1.165, 1.54) is 0 Å². The molecule has 0 saturated carbocycles. The maximum atomic E-state index is 11.9. The Kier molecular flexibility index (Phi) is 7.55. The summed E-state index contributed by atoms with van der Waals surface area (Å²) < 4.78 is 16.3. The summed E-state index contributed by atoms with van der Waals surface area (Å²) in [6.45, 7) is 8.66. The quantitative estimate of drug-likeness (QED) is 0.558. The molecule has 0 atom stereocenters. The highest BCUT2D eigenvalue weighted by Gasteiger charge is 2.26. The lowest BCUT2D eigenvalue weighted by atomic mass is 10.1. The van der Waals surface area contributed by atoms with Gasteiger partial charge < -0.3 is 19.1 Å². The highest BCUT2D eigenvalue weighted by Crippen LogP contribution is 2.17. The maximum Gasteiger partial charge on any atom is 0.410 e. The molecule has 0 bridgehead atoms. The van der Waals surface area contributed by atoms with E-state index in [-0.39, 0.29) is 12.2 Å². The number of hydrogen-bond donors (Lipinski definition) is 0. The molecule has 120 valence electrons. The third-order valence-electron chi connectivity index (χ3n) is 3.07. The number of rotatable bonds is 6. The lowest BCUT2D eigenvalue weighted by Gasteiger charge is -2.33. The van der Waals surface area contributed by atoms with Crippen LogP contribution in [0.5, 0.6) is 0 Å². The van der Waals surface area contributed by atoms with Crippen LogP contribution in [0.25, 0.3) is 0 Å². The number of likely N-dealkylation sites (tertiary alicyclic amines) is 1. The highest BCUT2D eigenvalue weighted by molar-refractivity contribution is 5.68. The van der Waals surface area contributed by atoms with Crippen molar-refractivity contribution in [3.05, 3.63) is 0 Å². The van der Waals surface area contributed by atoms with Gasteiger partial charge in [0, 0.05) is 19.7 Å². The van der Waals surface area contributed by atoms with Crippen molar-refractivity contribution in [3.8, 4) is 12.3 Å². The van der Waals surface area contributed by atoms with Crippen LogP contribution in [0.15, 0.2) is 0 Å². The summed E-state index contributed by atoms with van der Waals surface area (Å²) in [6.07, 6.45) is 7.62. The normalized spacial score (nSPS) is 16.6. The molecule has 0 unspecified atom stereocenters. The number of amides is 1. The van der Waals surface area contributed by atoms with Gasteiger partial charge in [-0.1, -0.05) is 5.92 Å². The van der Waals surface area contributed by atoms with Crippen molar-refractivity contribution in [2.75, 3.05) is 32.9 Å². The molecule has 1 amide bonds. The Bertz CT molecular complexity index is 348. The molecule has 5 nitrogen and oxygen atoms in total. The number of terminal acetylenes is 1. The van der Waals surface area contributed by atoms with Crippen molar-refractivity contribution in [2.24, 2.45) is 0 Å². The molecule has 0 spiro atoms. The van der Waals surface area contributed by atoms with Gasteiger partial charge in [0.1, 0.15) is 12.2 Å². The summed E-state index contributed by atoms with van der Waals surface area (Å²) >= 11 is 0. The monoisotopic (exact) mass is 297 g/mol. The Labute approximate surface area is 127 Å². The molecule has 0 N–H and O–H groups in total. The van der Waals surface area contributed by atoms with Crippen LogP contribution in [0.4, 0.5) is 4.79 Å². The summed E-state index contributed by atoms with van der Waals surface area (Å²) in [7, 11) is 0. The number of hydrogen-bond acceptors (Lipinski definition) is 4. The molecule has 0 aromatic carbocycles. The van der Waals surface area contributed by atoms with E-state index in [2.05, 4.69) is 5.92 Å². The van der Waals surface area contributed by atoms with Gasteiger partial charge in [-0.3, -0.25) is 0 Å². The molecule has 1 saturated heterocycles. The summed E-state index contributed by atoms with van der Waals surface area (Å²) in [5.74, 6) is 2.43. The van der Waals surface area contributed by atoms with E-state index in [1.807, 2.05) is 20.8 Å². The van der Waals surface area contributed by atoms with Crippen LogP contribution in [0, 0.1) is 12.3 Å². The van der Waals surface area contributed by atoms with Gasteiger partial charge in [0.2, 0.25) is 0 Å². The van der Waals surface area contributed by atoms with Crippen molar-refractivity contribution >= 4 is 6.09 Å². The van der Waals surface area contributed by atoms with Crippen LogP contribution in [-0.4, -0.2) is 55.6 Å². The zero-order valence-corrected chi connectivity index (χ0v) is 13.4. The Balaban J connectivity index is 2.12. The molecule has 21 heavy (non-hydrogen) atoms. The lowest BCUT2D eigenvalue weighted by Crippen LogP contribution is -2.43. The fourth-order valence-electron chi connectivity index (χ4n) is 2.07. The first-order valence-electron chi connectivity index (χ1n) is 7.53. The summed E-state index contributed by atoms with van der Waals surface area (Å²) in [6, 6.07) is 0. The van der Waals surface area contributed by atoms with E-state index in [0.717, 1.165) is 19.3 Å². The molecule has 1 aliphatic rings. The van der Waals surface area contributed by atoms with Crippen molar-refractivity contribution in [1.82, 2.24) is 4.90 Å². The van der Waals surface area contributed by atoms with Crippen LogP contribution in [0.2, 0.25) is 0 Å². The van der Waals surface area contributed by atoms with E-state index in [9.17, 15) is 4.79 Å². The predicted molar refractivity (Wildman–Crippen MR) is 81.1 cm³/mol. The molecular weight excluding hydrogens is 270 g/mol. The largest absolute Gasteiger partial charge is 0.444 e. The number of ether oxygens (including phenoxy) is 3. The summed E-state index contributed by atoms with van der Waals surface area (Å²) in [5, 5.41) is 0. The van der Waals surface area contributed by atoms with Gasteiger partial charge in [-0.25, -0.2) is 4.79 Å². The average molecular weight is 297 g/mol. The van der Waals surface area contributed by atoms with Gasteiger partial charge in [0.25, 0.3) is 0 Å². The van der Waals surface area contributed by atoms with Crippen LogP contribution in [-0.2, 0) is 14.2 Å². The number of carbonyl (C=O) groups is 1. The second-order valence-corrected chi connectivity index (χ2v) is 6.15. The third-order valence-corrected chi connectivity index (χ3v) is 3.07. The lowest BCUT2D eigenvalue weighted by molar-refractivity contribution is -0.0155. The Hall–Kier alpha value is -1.25. The molecule has 0 aromatic rings. The second-order valence-electron chi connectivity index (χ2n) is 6.15. The standard InChI is InChI=1S/C16H27NO4/c1-5-11-19-12-6-13-20-14-7-9-17(10-8-14)15(18)21-16(2,3)4/h1,14H,6-13H2,2-4H3. The molecule has 5 heteroatoms. The SMILES string of the molecule is C#CCOCCCOC1CCN(C(=O)OC(C)(C)C)CC1. The van der Waals surface area contributed by atoms with E-state index in [1.54, 1.807) is 4.90 Å². The Morgan fingerprint density at radius 2 is 1.95 bits per heavy atom. The van der Waals surface area contributed by atoms with Crippen molar-refractivity contribution in [2.45, 2.75) is 51.7 Å². The first-order valence-corrected chi connectivity index (χ1v) is 7.53. The zero-order valence-electron chi connectivity index (χ0n) is 13.4. The van der Waals surface area contributed by atoms with Gasteiger partial charge >= 0.3 is 6.09 Å². The van der Waals surface area contributed by atoms with Crippen molar-refractivity contribution < 1.29 is 19.0 Å². The van der Waals surface area contributed by atoms with Gasteiger partial charge in [0.05, 0.1) is 12.7 Å². The summed E-state index contributed by atoms with van der Waals surface area (Å²) in [5.41, 5.74) is -0.442. The molecular formula is C16H27NO4. The molecule has 0 aliphatic carbocycles. The number of carbonyl (C=O) groups excluding carboxylic acids is 1. The Morgan fingerprint density at radius 1 is 1.29 bits per heavy atom. The van der Waals surface area contributed by atoms with Crippen LogP contribution in [0.1, 0.15) is 40.0 Å². The fourth-order valence-corrected chi connectivity index (χ4v) is 2.07. The van der Waals surface area contributed by atoms with Gasteiger partial charge in [-0.2, -0.15) is 0 Å². The zero-order chi connectivity index (χ0) is 15.7. The topological polar surface area (TPSA) is 48.0 Å². The Morgan fingerprint density at radius 3 is 2.52 bits per heavy atom. The molecule has 1 heterocycles. The molecule has 1 rings (SSSR count). The molecule has 1 aliphatic heterocycles. The smallest absolute Gasteiger partial charge is 0.410 e. The molecule has 1 fully saturated rings. The summed E-state index contributed by atoms with van der Waals surface area (Å²) in [4.78, 5) is 13.7. The first kappa shape index (κ1) is 17.8. The maximum absolute atomic E-state index is 11.9. The van der Waals surface area contributed by atoms with Crippen molar-refractivity contribution in [3.63, 3.8) is 0 Å². The van der Waals surface area contributed by atoms with Crippen LogP contribution >= 0.6 is 0 Å². The second kappa shape index (κ2) is 8.91. The van der Waals surface area contributed by atoms with Crippen LogP contribution < -0.4 is 0 Å². The minimum atomic E-state index is -0.442.